The zero-order chi connectivity index (χ0) is 31.3. The number of nitrogens with one attached hydrogen (secondary N) is 1. The number of non-ortho nitro benzene ring substituents is 1. The van der Waals surface area contributed by atoms with Crippen molar-refractivity contribution in [2.24, 2.45) is 0 Å². The van der Waals surface area contributed by atoms with Gasteiger partial charge in [-0.3, -0.25) is 19.8 Å². The first-order valence-corrected chi connectivity index (χ1v) is 14.8. The Bertz CT molecular complexity index is 1550. The second kappa shape index (κ2) is 13.3. The summed E-state index contributed by atoms with van der Waals surface area (Å²) in [6.07, 6.45) is 1.88. The molecule has 9 nitrogen and oxygen atoms in total. The monoisotopic (exact) mass is 595 g/mol. The molecule has 1 N–H and O–H groups in total. The maximum Gasteiger partial charge on any atom is 0.336 e. The number of nitro benzene ring substituents is 1. The average molecular weight is 596 g/mol. The highest BCUT2D eigenvalue weighted by atomic mass is 16.6. The molecular weight excluding hydrogens is 558 g/mol. The number of carbonyl (C=O) groups is 2. The molecule has 2 heterocycles. The first-order valence-electron chi connectivity index (χ1n) is 14.8. The molecule has 228 valence electrons. The van der Waals surface area contributed by atoms with Crippen LogP contribution in [0, 0.1) is 10.1 Å². The van der Waals surface area contributed by atoms with Gasteiger partial charge < -0.3 is 14.8 Å². The lowest BCUT2D eigenvalue weighted by molar-refractivity contribution is -0.384. The lowest BCUT2D eigenvalue weighted by atomic mass is 9.68. The van der Waals surface area contributed by atoms with Crippen molar-refractivity contribution in [2.75, 3.05) is 26.2 Å². The fourth-order valence-corrected chi connectivity index (χ4v) is 6.43. The Hall–Kier alpha value is -4.76. The van der Waals surface area contributed by atoms with Gasteiger partial charge in [-0.15, -0.1) is 0 Å². The summed E-state index contributed by atoms with van der Waals surface area (Å²) in [6, 6.07) is 27.3. The number of hydrogen-bond donors (Lipinski definition) is 1. The maximum absolute atomic E-state index is 13.6. The third kappa shape index (κ3) is 6.43. The molecule has 3 aromatic carbocycles. The van der Waals surface area contributed by atoms with Gasteiger partial charge in [0.15, 0.2) is 0 Å². The number of likely N-dealkylation sites (tertiary alicyclic amines) is 1. The van der Waals surface area contributed by atoms with Gasteiger partial charge in [0.05, 0.1) is 22.1 Å². The smallest absolute Gasteiger partial charge is 0.336 e. The van der Waals surface area contributed by atoms with Crippen LogP contribution in [0.15, 0.2) is 108 Å². The molecule has 0 spiro atoms. The van der Waals surface area contributed by atoms with Crippen LogP contribution < -0.4 is 5.32 Å². The van der Waals surface area contributed by atoms with Crippen LogP contribution >= 0.6 is 0 Å². The van der Waals surface area contributed by atoms with Crippen molar-refractivity contribution in [3.05, 3.63) is 134 Å². The molecule has 2 aliphatic rings. The van der Waals surface area contributed by atoms with E-state index < -0.39 is 22.8 Å². The SMILES string of the molecule is CC(=O)OC1=C(C)NC(C)=C(C(=O)OCCN2CCC(c3ccccc3)(c3ccccc3)CC2)C1c1cccc([N+](=O)[O-])c1. The van der Waals surface area contributed by atoms with Gasteiger partial charge in [-0.05, 0) is 56.5 Å². The quantitative estimate of drug-likeness (QED) is 0.183. The Labute approximate surface area is 257 Å². The maximum atomic E-state index is 13.6. The van der Waals surface area contributed by atoms with Crippen molar-refractivity contribution in [3.8, 4) is 0 Å². The van der Waals surface area contributed by atoms with Crippen LogP contribution in [0.4, 0.5) is 5.69 Å². The van der Waals surface area contributed by atoms with Gasteiger partial charge in [-0.2, -0.15) is 0 Å². The number of piperidine rings is 1. The second-order valence-corrected chi connectivity index (χ2v) is 11.3. The van der Waals surface area contributed by atoms with Crippen molar-refractivity contribution in [3.63, 3.8) is 0 Å². The van der Waals surface area contributed by atoms with Crippen LogP contribution in [-0.2, 0) is 24.5 Å². The summed E-state index contributed by atoms with van der Waals surface area (Å²) < 4.78 is 11.4. The second-order valence-electron chi connectivity index (χ2n) is 11.3. The normalized spacial score (nSPS) is 18.4. The molecule has 2 aliphatic heterocycles. The summed E-state index contributed by atoms with van der Waals surface area (Å²) in [5.41, 5.74) is 4.20. The minimum absolute atomic E-state index is 0.0752. The van der Waals surface area contributed by atoms with Crippen LogP contribution in [0.5, 0.6) is 0 Å². The third-order valence-corrected chi connectivity index (χ3v) is 8.59. The molecule has 0 bridgehead atoms. The van der Waals surface area contributed by atoms with Gasteiger partial charge in [0, 0.05) is 36.7 Å². The molecule has 0 amide bonds. The molecular formula is C35H37N3O6. The number of nitrogens with zero attached hydrogens (tertiary/aromatic N) is 2. The number of rotatable bonds is 9. The Morgan fingerprint density at radius 3 is 2.11 bits per heavy atom. The first-order chi connectivity index (χ1) is 21.2. The number of ether oxygens (including phenoxy) is 2. The Morgan fingerprint density at radius 1 is 0.932 bits per heavy atom. The van der Waals surface area contributed by atoms with E-state index in [1.807, 2.05) is 12.1 Å². The Morgan fingerprint density at radius 2 is 1.55 bits per heavy atom. The number of carbonyl (C=O) groups excluding carboxylic acids is 2. The molecule has 0 aromatic heterocycles. The zero-order valence-corrected chi connectivity index (χ0v) is 25.2. The molecule has 0 aliphatic carbocycles. The van der Waals surface area contributed by atoms with Crippen LogP contribution in [-0.4, -0.2) is 48.0 Å². The van der Waals surface area contributed by atoms with Crippen molar-refractivity contribution >= 4 is 17.6 Å². The molecule has 5 rings (SSSR count). The van der Waals surface area contributed by atoms with Crippen LogP contribution in [0.2, 0.25) is 0 Å². The van der Waals surface area contributed by atoms with E-state index in [2.05, 4.69) is 58.7 Å². The van der Waals surface area contributed by atoms with Gasteiger partial charge in [0.2, 0.25) is 0 Å². The van der Waals surface area contributed by atoms with Gasteiger partial charge in [0.1, 0.15) is 12.4 Å². The minimum Gasteiger partial charge on any atom is -0.461 e. The molecule has 1 fully saturated rings. The average Bonchev–Trinajstić information content (AvgIpc) is 3.03. The van der Waals surface area contributed by atoms with E-state index >= 15 is 0 Å². The summed E-state index contributed by atoms with van der Waals surface area (Å²) >= 11 is 0. The Kier molecular flexibility index (Phi) is 9.25. The number of dihydropyridines is 1. The highest BCUT2D eigenvalue weighted by molar-refractivity contribution is 5.92. The molecule has 1 atom stereocenters. The van der Waals surface area contributed by atoms with E-state index in [-0.39, 0.29) is 29.0 Å². The van der Waals surface area contributed by atoms with Crippen molar-refractivity contribution in [1.29, 1.82) is 0 Å². The van der Waals surface area contributed by atoms with Crippen molar-refractivity contribution in [1.82, 2.24) is 10.2 Å². The molecule has 0 saturated carbocycles. The molecule has 9 heteroatoms. The van der Waals surface area contributed by atoms with E-state index in [4.69, 9.17) is 9.47 Å². The Balaban J connectivity index is 1.30. The van der Waals surface area contributed by atoms with E-state index in [0.717, 1.165) is 25.9 Å². The van der Waals surface area contributed by atoms with Crippen LogP contribution in [0.1, 0.15) is 56.2 Å². The number of benzene rings is 3. The highest BCUT2D eigenvalue weighted by Gasteiger charge is 2.39. The summed E-state index contributed by atoms with van der Waals surface area (Å²) in [5.74, 6) is -1.76. The summed E-state index contributed by atoms with van der Waals surface area (Å²) in [5, 5.41) is 14.6. The zero-order valence-electron chi connectivity index (χ0n) is 25.2. The number of nitro groups is 1. The topological polar surface area (TPSA) is 111 Å². The molecule has 3 aromatic rings. The summed E-state index contributed by atoms with van der Waals surface area (Å²) in [7, 11) is 0. The van der Waals surface area contributed by atoms with Crippen molar-refractivity contribution < 1.29 is 24.0 Å². The lowest BCUT2D eigenvalue weighted by Crippen LogP contribution is -2.44. The standard InChI is InChI=1S/C35H37N3O6/c1-24-31(32(33(25(2)36-24)44-26(3)39)27-11-10-16-30(23-27)38(41)42)34(40)43-22-21-37-19-17-35(18-20-37,28-12-6-4-7-13-28)29-14-8-5-9-15-29/h4-16,23,32,36H,17-22H2,1-3H3. The lowest BCUT2D eigenvalue weighted by Gasteiger charge is -2.43. The van der Waals surface area contributed by atoms with E-state index in [9.17, 15) is 19.7 Å². The van der Waals surface area contributed by atoms with Gasteiger partial charge in [0.25, 0.3) is 5.69 Å². The number of hydrogen-bond acceptors (Lipinski definition) is 8. The molecule has 44 heavy (non-hydrogen) atoms. The summed E-state index contributed by atoms with van der Waals surface area (Å²) in [6.45, 7) is 7.18. The first kappa shape index (κ1) is 30.7. The molecule has 1 unspecified atom stereocenters. The summed E-state index contributed by atoms with van der Waals surface area (Å²) in [4.78, 5) is 39.0. The highest BCUT2D eigenvalue weighted by Crippen LogP contribution is 2.42. The minimum atomic E-state index is -0.847. The van der Waals surface area contributed by atoms with Crippen LogP contribution in [0.3, 0.4) is 0 Å². The molecule has 1 saturated heterocycles. The number of esters is 2. The van der Waals surface area contributed by atoms with E-state index in [0.29, 0.717) is 23.5 Å². The van der Waals surface area contributed by atoms with E-state index in [1.165, 1.54) is 30.2 Å². The van der Waals surface area contributed by atoms with Gasteiger partial charge in [-0.25, -0.2) is 4.79 Å². The van der Waals surface area contributed by atoms with Crippen LogP contribution in [0.25, 0.3) is 0 Å². The fourth-order valence-electron chi connectivity index (χ4n) is 6.43. The van der Waals surface area contributed by atoms with Gasteiger partial charge >= 0.3 is 11.9 Å². The largest absolute Gasteiger partial charge is 0.461 e. The van der Waals surface area contributed by atoms with Gasteiger partial charge in [-0.1, -0.05) is 72.8 Å². The third-order valence-electron chi connectivity index (χ3n) is 8.59. The van der Waals surface area contributed by atoms with E-state index in [1.54, 1.807) is 26.0 Å². The predicted molar refractivity (Wildman–Crippen MR) is 166 cm³/mol. The predicted octanol–water partition coefficient (Wildman–Crippen LogP) is 5.98. The number of allylic oxidation sites excluding steroid dienone is 3. The fraction of sp³-hybridized carbons (Fsp3) is 0.314. The molecule has 0 radical (unpaired) electrons. The van der Waals surface area contributed by atoms with Crippen molar-refractivity contribution in [2.45, 2.75) is 44.9 Å².